The number of hydrogen-bond acceptors (Lipinski definition) is 4. The minimum atomic E-state index is 0.0468. The Hall–Kier alpha value is -2.73. The maximum atomic E-state index is 13.7. The summed E-state index contributed by atoms with van der Waals surface area (Å²) in [5.74, 6) is 0.521. The second kappa shape index (κ2) is 8.96. The van der Waals surface area contributed by atoms with Gasteiger partial charge in [0.1, 0.15) is 0 Å². The molecular weight excluding hydrogens is 376 g/mol. The summed E-state index contributed by atoms with van der Waals surface area (Å²) < 4.78 is 7.08. The first-order valence-corrected chi connectivity index (χ1v) is 10.7. The molecule has 0 atom stereocenters. The van der Waals surface area contributed by atoms with Gasteiger partial charge in [-0.25, -0.2) is 4.98 Å². The number of fused-ring (bicyclic) bond motifs is 1. The minimum Gasteiger partial charge on any atom is -0.383 e. The van der Waals surface area contributed by atoms with Crippen molar-refractivity contribution in [1.29, 1.82) is 0 Å². The van der Waals surface area contributed by atoms with Crippen molar-refractivity contribution in [3.63, 3.8) is 0 Å². The highest BCUT2D eigenvalue weighted by Crippen LogP contribution is 2.40. The number of nitrogens with zero attached hydrogens (tertiary/aromatic N) is 4. The van der Waals surface area contributed by atoms with E-state index in [0.717, 1.165) is 53.7 Å². The number of hydrogen-bond donors (Lipinski definition) is 0. The van der Waals surface area contributed by atoms with Crippen LogP contribution in [0.2, 0.25) is 0 Å². The van der Waals surface area contributed by atoms with Gasteiger partial charge in [0.15, 0.2) is 5.65 Å². The molecule has 1 aliphatic rings. The van der Waals surface area contributed by atoms with E-state index in [9.17, 15) is 4.79 Å². The van der Waals surface area contributed by atoms with Gasteiger partial charge in [-0.05, 0) is 44.2 Å². The molecule has 0 spiro atoms. The molecule has 0 N–H and O–H groups in total. The Morgan fingerprint density at radius 1 is 1.23 bits per heavy atom. The lowest BCUT2D eigenvalue weighted by Gasteiger charge is -2.23. The van der Waals surface area contributed by atoms with E-state index < -0.39 is 0 Å². The number of pyridine rings is 1. The SMILES string of the molecule is COCCN(CCCc1ccccc1)C(=O)c1cc(C2CC2)nc2c1c(C)nn2C. The zero-order valence-corrected chi connectivity index (χ0v) is 18.1. The van der Waals surface area contributed by atoms with Crippen molar-refractivity contribution >= 4 is 16.9 Å². The molecule has 158 valence electrons. The summed E-state index contributed by atoms with van der Waals surface area (Å²) in [6, 6.07) is 12.4. The second-order valence-electron chi connectivity index (χ2n) is 8.15. The molecule has 0 saturated heterocycles. The summed E-state index contributed by atoms with van der Waals surface area (Å²) in [6.07, 6.45) is 4.15. The number of ether oxygens (including phenoxy) is 1. The number of amides is 1. The molecule has 3 aromatic rings. The van der Waals surface area contributed by atoms with E-state index in [0.29, 0.717) is 25.6 Å². The fourth-order valence-electron chi connectivity index (χ4n) is 4.03. The third-order valence-corrected chi connectivity index (χ3v) is 5.80. The van der Waals surface area contributed by atoms with Crippen LogP contribution in [-0.4, -0.2) is 52.4 Å². The number of rotatable bonds is 9. The molecule has 0 aliphatic heterocycles. The Bertz CT molecular complexity index is 1020. The average molecular weight is 407 g/mol. The molecule has 1 amide bonds. The molecule has 0 radical (unpaired) electrons. The van der Waals surface area contributed by atoms with Gasteiger partial charge in [-0.2, -0.15) is 5.10 Å². The summed E-state index contributed by atoms with van der Waals surface area (Å²) in [7, 11) is 3.57. The lowest BCUT2D eigenvalue weighted by molar-refractivity contribution is 0.0695. The molecule has 0 bridgehead atoms. The Morgan fingerprint density at radius 2 is 2.00 bits per heavy atom. The van der Waals surface area contributed by atoms with Crippen LogP contribution < -0.4 is 0 Å². The van der Waals surface area contributed by atoms with Gasteiger partial charge in [-0.1, -0.05) is 30.3 Å². The predicted octanol–water partition coefficient (Wildman–Crippen LogP) is 3.88. The molecule has 0 unspecified atom stereocenters. The summed E-state index contributed by atoms with van der Waals surface area (Å²) in [4.78, 5) is 20.4. The van der Waals surface area contributed by atoms with Crippen LogP contribution in [0.3, 0.4) is 0 Å². The van der Waals surface area contributed by atoms with Crippen LogP contribution in [0, 0.1) is 6.92 Å². The monoisotopic (exact) mass is 406 g/mol. The molecule has 1 fully saturated rings. The van der Waals surface area contributed by atoms with Crippen LogP contribution in [0.15, 0.2) is 36.4 Å². The first-order chi connectivity index (χ1) is 14.6. The van der Waals surface area contributed by atoms with Crippen molar-refractivity contribution in [2.24, 2.45) is 7.05 Å². The first-order valence-electron chi connectivity index (χ1n) is 10.7. The Morgan fingerprint density at radius 3 is 2.70 bits per heavy atom. The molecule has 1 saturated carbocycles. The molecule has 4 rings (SSSR count). The third kappa shape index (κ3) is 4.38. The second-order valence-corrected chi connectivity index (χ2v) is 8.15. The molecule has 6 nitrogen and oxygen atoms in total. The standard InChI is InChI=1S/C24H30N4O2/c1-17-22-20(16-21(19-11-12-19)25-23(22)27(2)26-17)24(29)28(14-15-30-3)13-7-10-18-8-5-4-6-9-18/h4-6,8-9,16,19H,7,10-15H2,1-3H3. The first kappa shape index (κ1) is 20.5. The summed E-state index contributed by atoms with van der Waals surface area (Å²) in [6.45, 7) is 3.74. The molecule has 30 heavy (non-hydrogen) atoms. The number of aromatic nitrogens is 3. The van der Waals surface area contributed by atoms with Crippen molar-refractivity contribution in [3.8, 4) is 0 Å². The molecule has 1 aliphatic carbocycles. The van der Waals surface area contributed by atoms with Crippen molar-refractivity contribution in [3.05, 3.63) is 58.9 Å². The van der Waals surface area contributed by atoms with Gasteiger partial charge in [0.25, 0.3) is 5.91 Å². The van der Waals surface area contributed by atoms with E-state index in [-0.39, 0.29) is 5.91 Å². The van der Waals surface area contributed by atoms with Crippen LogP contribution in [0.1, 0.15) is 52.5 Å². The van der Waals surface area contributed by atoms with Gasteiger partial charge in [-0.15, -0.1) is 0 Å². The molecular formula is C24H30N4O2. The lowest BCUT2D eigenvalue weighted by atomic mass is 10.1. The van der Waals surface area contributed by atoms with Gasteiger partial charge in [0, 0.05) is 38.9 Å². The molecule has 2 heterocycles. The van der Waals surface area contributed by atoms with Crippen LogP contribution in [0.25, 0.3) is 11.0 Å². The smallest absolute Gasteiger partial charge is 0.254 e. The van der Waals surface area contributed by atoms with Crippen LogP contribution >= 0.6 is 0 Å². The Kier molecular flexibility index (Phi) is 6.13. The Balaban J connectivity index is 1.60. The third-order valence-electron chi connectivity index (χ3n) is 5.80. The highest BCUT2D eigenvalue weighted by molar-refractivity contribution is 6.06. The molecule has 2 aromatic heterocycles. The number of carbonyl (C=O) groups excluding carboxylic acids is 1. The average Bonchev–Trinajstić information content (AvgIpc) is 3.56. The highest BCUT2D eigenvalue weighted by atomic mass is 16.5. The van der Waals surface area contributed by atoms with E-state index in [1.54, 1.807) is 11.8 Å². The molecule has 1 aromatic carbocycles. The van der Waals surface area contributed by atoms with E-state index in [1.165, 1.54) is 5.56 Å². The molecule has 6 heteroatoms. The van der Waals surface area contributed by atoms with Gasteiger partial charge in [0.2, 0.25) is 0 Å². The van der Waals surface area contributed by atoms with Crippen molar-refractivity contribution < 1.29 is 9.53 Å². The zero-order valence-electron chi connectivity index (χ0n) is 18.1. The largest absolute Gasteiger partial charge is 0.383 e. The van der Waals surface area contributed by atoms with Crippen LogP contribution in [-0.2, 0) is 18.2 Å². The summed E-state index contributed by atoms with van der Waals surface area (Å²) >= 11 is 0. The van der Waals surface area contributed by atoms with Crippen molar-refractivity contribution in [2.45, 2.75) is 38.5 Å². The number of aryl methyl sites for hydroxylation is 3. The van der Waals surface area contributed by atoms with Crippen molar-refractivity contribution in [1.82, 2.24) is 19.7 Å². The normalized spacial score (nSPS) is 13.7. The van der Waals surface area contributed by atoms with E-state index in [4.69, 9.17) is 9.72 Å². The maximum absolute atomic E-state index is 13.7. The van der Waals surface area contributed by atoms with Crippen LogP contribution in [0.4, 0.5) is 0 Å². The zero-order chi connectivity index (χ0) is 21.1. The van der Waals surface area contributed by atoms with E-state index in [1.807, 2.05) is 31.0 Å². The number of carbonyl (C=O) groups is 1. The fourth-order valence-corrected chi connectivity index (χ4v) is 4.03. The van der Waals surface area contributed by atoms with Gasteiger partial charge < -0.3 is 9.64 Å². The predicted molar refractivity (Wildman–Crippen MR) is 118 cm³/mol. The number of benzene rings is 1. The summed E-state index contributed by atoms with van der Waals surface area (Å²) in [5.41, 5.74) is 4.69. The van der Waals surface area contributed by atoms with E-state index >= 15 is 0 Å². The highest BCUT2D eigenvalue weighted by Gasteiger charge is 2.29. The quantitative estimate of drug-likeness (QED) is 0.541. The maximum Gasteiger partial charge on any atom is 0.254 e. The van der Waals surface area contributed by atoms with Gasteiger partial charge >= 0.3 is 0 Å². The van der Waals surface area contributed by atoms with Crippen LogP contribution in [0.5, 0.6) is 0 Å². The minimum absolute atomic E-state index is 0.0468. The summed E-state index contributed by atoms with van der Waals surface area (Å²) in [5, 5.41) is 5.41. The van der Waals surface area contributed by atoms with E-state index in [2.05, 4.69) is 29.4 Å². The van der Waals surface area contributed by atoms with Crippen molar-refractivity contribution in [2.75, 3.05) is 26.8 Å². The topological polar surface area (TPSA) is 60.2 Å². The fraction of sp³-hybridized carbons (Fsp3) is 0.458. The number of methoxy groups -OCH3 is 1. The van der Waals surface area contributed by atoms with Gasteiger partial charge in [0.05, 0.1) is 23.3 Å². The lowest BCUT2D eigenvalue weighted by Crippen LogP contribution is -2.35. The van der Waals surface area contributed by atoms with Gasteiger partial charge in [-0.3, -0.25) is 9.48 Å². The Labute approximate surface area is 177 Å².